The van der Waals surface area contributed by atoms with Gasteiger partial charge in [0.1, 0.15) is 4.90 Å². The number of halogens is 1. The maximum Gasteiger partial charge on any atom is 0.355 e. The minimum atomic E-state index is -4.81. The lowest BCUT2D eigenvalue weighted by Gasteiger charge is -2.11. The van der Waals surface area contributed by atoms with E-state index in [0.29, 0.717) is 3.97 Å². The zero-order chi connectivity index (χ0) is 25.4. The Morgan fingerprint density at radius 3 is 2.06 bits per heavy atom. The van der Waals surface area contributed by atoms with E-state index in [2.05, 4.69) is 0 Å². The molecule has 0 aliphatic heterocycles. The highest BCUT2D eigenvalue weighted by Crippen LogP contribution is 2.35. The van der Waals surface area contributed by atoms with E-state index in [4.69, 9.17) is 11.6 Å². The van der Waals surface area contributed by atoms with Gasteiger partial charge in [-0.1, -0.05) is 48.0 Å². The average molecular weight is 534 g/mol. The van der Waals surface area contributed by atoms with Crippen molar-refractivity contribution in [2.45, 2.75) is 9.79 Å². The molecule has 1 aromatic heterocycles. The quantitative estimate of drug-likeness (QED) is 0.309. The molecule has 0 fully saturated rings. The molecular formula is C22H16ClN3O7S2. The Kier molecular flexibility index (Phi) is 6.38. The van der Waals surface area contributed by atoms with Crippen LogP contribution in [0.2, 0.25) is 5.02 Å². The van der Waals surface area contributed by atoms with Crippen LogP contribution in [0.4, 0.5) is 0 Å². The predicted molar refractivity (Wildman–Crippen MR) is 127 cm³/mol. The first-order valence-electron chi connectivity index (χ1n) is 9.79. The first-order valence-corrected chi connectivity index (χ1v) is 13.1. The van der Waals surface area contributed by atoms with E-state index in [1.165, 1.54) is 48.5 Å². The molecular weight excluding hydrogens is 518 g/mol. The number of amides is 1. The third kappa shape index (κ3) is 4.51. The van der Waals surface area contributed by atoms with E-state index in [1.807, 2.05) is 10.3 Å². The number of nitrogens with one attached hydrogen (secondary N) is 2. The molecule has 3 aromatic carbocycles. The van der Waals surface area contributed by atoms with Crippen molar-refractivity contribution in [2.75, 3.05) is 0 Å². The van der Waals surface area contributed by atoms with Crippen LogP contribution < -0.4 is 10.3 Å². The van der Waals surface area contributed by atoms with Crippen molar-refractivity contribution < 1.29 is 31.5 Å². The Morgan fingerprint density at radius 1 is 0.857 bits per heavy atom. The van der Waals surface area contributed by atoms with Gasteiger partial charge in [-0.25, -0.2) is 25.6 Å². The lowest BCUT2D eigenvalue weighted by molar-refractivity contribution is 0.0685. The van der Waals surface area contributed by atoms with Gasteiger partial charge in [0.2, 0.25) is 0 Å². The summed E-state index contributed by atoms with van der Waals surface area (Å²) in [4.78, 5) is 25.3. The summed E-state index contributed by atoms with van der Waals surface area (Å²) in [5.41, 5.74) is 0.852. The van der Waals surface area contributed by atoms with Gasteiger partial charge in [0.15, 0.2) is 5.69 Å². The standard InChI is InChI=1S/C22H16ClN3O7S2/c23-15-11-12-18-17(13-15)20(34(30,31)25-24-21(27)14-7-3-1-4-8-14)19(22(28)29)26(18)35(32,33)16-9-5-2-6-10-16/h1-13,25H,(H,24,27)(H,28,29). The van der Waals surface area contributed by atoms with Gasteiger partial charge in [-0.3, -0.25) is 10.2 Å². The van der Waals surface area contributed by atoms with Gasteiger partial charge in [-0.15, -0.1) is 4.83 Å². The topological polar surface area (TPSA) is 152 Å². The number of aromatic nitrogens is 1. The third-order valence-corrected chi connectivity index (χ3v) is 8.21. The van der Waals surface area contributed by atoms with Crippen LogP contribution in [0, 0.1) is 0 Å². The number of carbonyl (C=O) groups excluding carboxylic acids is 1. The maximum atomic E-state index is 13.4. The Morgan fingerprint density at radius 2 is 1.46 bits per heavy atom. The number of aromatic carboxylic acids is 1. The number of carboxylic acid groups (broad SMARTS) is 1. The SMILES string of the molecule is O=C(NNS(=O)(=O)c1c(C(=O)O)n(S(=O)(=O)c2ccccc2)c2ccc(Cl)cc12)c1ccccc1. The second-order valence-electron chi connectivity index (χ2n) is 7.15. The first kappa shape index (κ1) is 24.4. The van der Waals surface area contributed by atoms with Crippen LogP contribution >= 0.6 is 11.6 Å². The molecule has 0 aliphatic carbocycles. The summed E-state index contributed by atoms with van der Waals surface area (Å²) in [5, 5.41) is 9.72. The molecule has 4 rings (SSSR count). The molecule has 180 valence electrons. The van der Waals surface area contributed by atoms with Crippen molar-refractivity contribution in [1.82, 2.24) is 14.2 Å². The van der Waals surface area contributed by atoms with E-state index in [-0.39, 0.29) is 26.4 Å². The summed E-state index contributed by atoms with van der Waals surface area (Å²) in [5.74, 6) is -2.64. The molecule has 13 heteroatoms. The molecule has 0 saturated carbocycles. The molecule has 0 atom stereocenters. The van der Waals surface area contributed by atoms with Crippen molar-refractivity contribution in [3.05, 3.63) is 95.1 Å². The van der Waals surface area contributed by atoms with Crippen LogP contribution in [0.3, 0.4) is 0 Å². The molecule has 0 spiro atoms. The van der Waals surface area contributed by atoms with E-state index in [1.54, 1.807) is 24.3 Å². The fourth-order valence-corrected chi connectivity index (χ4v) is 6.42. The van der Waals surface area contributed by atoms with Gasteiger partial charge >= 0.3 is 5.97 Å². The highest BCUT2D eigenvalue weighted by Gasteiger charge is 2.36. The summed E-state index contributed by atoms with van der Waals surface area (Å²) < 4.78 is 53.8. The van der Waals surface area contributed by atoms with Crippen molar-refractivity contribution >= 4 is 54.4 Å². The fraction of sp³-hybridized carbons (Fsp3) is 0. The number of hydrogen-bond acceptors (Lipinski definition) is 6. The van der Waals surface area contributed by atoms with Gasteiger partial charge < -0.3 is 5.11 Å². The van der Waals surface area contributed by atoms with E-state index in [0.717, 1.165) is 6.07 Å². The summed E-state index contributed by atoms with van der Waals surface area (Å²) in [6.07, 6.45) is 0. The number of hydrogen-bond donors (Lipinski definition) is 3. The molecule has 1 amide bonds. The second-order valence-corrected chi connectivity index (χ2v) is 11.0. The van der Waals surface area contributed by atoms with Crippen molar-refractivity contribution in [3.63, 3.8) is 0 Å². The first-order chi connectivity index (χ1) is 16.5. The summed E-state index contributed by atoms with van der Waals surface area (Å²) in [6, 6.07) is 18.2. The summed E-state index contributed by atoms with van der Waals surface area (Å²) >= 11 is 6.03. The Bertz CT molecular complexity index is 1670. The van der Waals surface area contributed by atoms with Crippen LogP contribution in [0.15, 0.2) is 88.7 Å². The minimum absolute atomic E-state index is 0.0356. The number of nitrogens with zero attached hydrogens (tertiary/aromatic N) is 1. The third-order valence-electron chi connectivity index (χ3n) is 4.93. The number of hydrazine groups is 1. The highest BCUT2D eigenvalue weighted by atomic mass is 35.5. The van der Waals surface area contributed by atoms with Crippen molar-refractivity contribution in [2.24, 2.45) is 0 Å². The molecule has 4 aromatic rings. The summed E-state index contributed by atoms with van der Waals surface area (Å²) in [7, 11) is -9.37. The maximum absolute atomic E-state index is 13.4. The number of fused-ring (bicyclic) bond motifs is 1. The van der Waals surface area contributed by atoms with Crippen LogP contribution in [-0.2, 0) is 20.0 Å². The predicted octanol–water partition coefficient (Wildman–Crippen LogP) is 2.85. The van der Waals surface area contributed by atoms with Crippen molar-refractivity contribution in [3.8, 4) is 0 Å². The number of carboxylic acids is 1. The number of benzene rings is 3. The van der Waals surface area contributed by atoms with E-state index in [9.17, 15) is 31.5 Å². The second kappa shape index (κ2) is 9.15. The van der Waals surface area contributed by atoms with Crippen LogP contribution in [-0.4, -0.2) is 37.8 Å². The lowest BCUT2D eigenvalue weighted by atomic mass is 10.2. The Labute approximate surface area is 204 Å². The highest BCUT2D eigenvalue weighted by molar-refractivity contribution is 7.91. The average Bonchev–Trinajstić information content (AvgIpc) is 3.20. The molecule has 0 bridgehead atoms. The van der Waals surface area contributed by atoms with E-state index < -0.39 is 42.5 Å². The van der Waals surface area contributed by atoms with Crippen LogP contribution in [0.5, 0.6) is 0 Å². The molecule has 0 radical (unpaired) electrons. The van der Waals surface area contributed by atoms with E-state index >= 15 is 0 Å². The van der Waals surface area contributed by atoms with Gasteiger partial charge in [-0.2, -0.15) is 0 Å². The number of rotatable bonds is 7. The number of carbonyl (C=O) groups is 2. The van der Waals surface area contributed by atoms with Crippen molar-refractivity contribution in [1.29, 1.82) is 0 Å². The smallest absolute Gasteiger partial charge is 0.355 e. The molecule has 3 N–H and O–H groups in total. The van der Waals surface area contributed by atoms with Gasteiger partial charge in [0.25, 0.3) is 26.0 Å². The Hall–Kier alpha value is -3.71. The van der Waals surface area contributed by atoms with Gasteiger partial charge in [-0.05, 0) is 42.5 Å². The zero-order valence-corrected chi connectivity index (χ0v) is 19.9. The largest absolute Gasteiger partial charge is 0.477 e. The molecule has 35 heavy (non-hydrogen) atoms. The van der Waals surface area contributed by atoms with Gasteiger partial charge in [0.05, 0.1) is 10.4 Å². The van der Waals surface area contributed by atoms with Crippen LogP contribution in [0.25, 0.3) is 10.9 Å². The monoisotopic (exact) mass is 533 g/mol. The molecule has 0 saturated heterocycles. The summed E-state index contributed by atoms with van der Waals surface area (Å²) in [6.45, 7) is 0. The normalized spacial score (nSPS) is 11.9. The minimum Gasteiger partial charge on any atom is -0.477 e. The molecule has 1 heterocycles. The molecule has 0 aliphatic rings. The number of sulfonamides is 1. The molecule has 10 nitrogen and oxygen atoms in total. The molecule has 0 unspecified atom stereocenters. The Balaban J connectivity index is 1.93. The van der Waals surface area contributed by atoms with Gasteiger partial charge in [0, 0.05) is 16.0 Å². The lowest BCUT2D eigenvalue weighted by Crippen LogP contribution is -2.42. The fourth-order valence-electron chi connectivity index (χ4n) is 3.44. The van der Waals surface area contributed by atoms with Crippen LogP contribution in [0.1, 0.15) is 20.8 Å². The zero-order valence-electron chi connectivity index (χ0n) is 17.5.